The maximum absolute atomic E-state index is 8.76. The molecule has 1 N–H and O–H groups in total. The third-order valence-corrected chi connectivity index (χ3v) is 4.42. The van der Waals surface area contributed by atoms with Crippen LogP contribution < -0.4 is 0 Å². The van der Waals surface area contributed by atoms with Crippen molar-refractivity contribution < 1.29 is 5.21 Å². The summed E-state index contributed by atoms with van der Waals surface area (Å²) in [5.74, 6) is 0.286. The van der Waals surface area contributed by atoms with Gasteiger partial charge in [-0.25, -0.2) is 0 Å². The standard InChI is InChI=1S/C17H15NO/c19-18-10-13-6-5-12-8-17-14(9-16(12)13)7-11-3-1-2-4-15(11)17/h1-4,8-10,13,19H,5-7H2. The van der Waals surface area contributed by atoms with Gasteiger partial charge in [-0.05, 0) is 52.6 Å². The topological polar surface area (TPSA) is 32.6 Å². The quantitative estimate of drug-likeness (QED) is 0.397. The van der Waals surface area contributed by atoms with Crippen molar-refractivity contribution in [2.45, 2.75) is 25.2 Å². The number of hydrogen-bond donors (Lipinski definition) is 1. The van der Waals surface area contributed by atoms with E-state index in [0.29, 0.717) is 0 Å². The van der Waals surface area contributed by atoms with Gasteiger partial charge in [0.05, 0.1) is 6.21 Å². The van der Waals surface area contributed by atoms with Gasteiger partial charge in [0.1, 0.15) is 0 Å². The van der Waals surface area contributed by atoms with Gasteiger partial charge < -0.3 is 5.21 Å². The second-order valence-corrected chi connectivity index (χ2v) is 5.45. The lowest BCUT2D eigenvalue weighted by molar-refractivity contribution is 0.319. The van der Waals surface area contributed by atoms with Crippen LogP contribution in [0.1, 0.15) is 34.6 Å². The highest BCUT2D eigenvalue weighted by atomic mass is 16.4. The van der Waals surface area contributed by atoms with Crippen molar-refractivity contribution in [1.82, 2.24) is 0 Å². The van der Waals surface area contributed by atoms with Gasteiger partial charge >= 0.3 is 0 Å². The Hall–Kier alpha value is -2.09. The molecule has 2 nitrogen and oxygen atoms in total. The minimum absolute atomic E-state index is 0.286. The zero-order chi connectivity index (χ0) is 12.8. The molecule has 2 heteroatoms. The van der Waals surface area contributed by atoms with Gasteiger partial charge in [-0.1, -0.05) is 36.4 Å². The summed E-state index contributed by atoms with van der Waals surface area (Å²) in [6.45, 7) is 0. The van der Waals surface area contributed by atoms with Gasteiger partial charge in [0.2, 0.25) is 0 Å². The van der Waals surface area contributed by atoms with E-state index in [2.05, 4.69) is 41.6 Å². The van der Waals surface area contributed by atoms with Gasteiger partial charge in [0, 0.05) is 5.92 Å². The van der Waals surface area contributed by atoms with Crippen LogP contribution in [0.5, 0.6) is 0 Å². The summed E-state index contributed by atoms with van der Waals surface area (Å²) < 4.78 is 0. The van der Waals surface area contributed by atoms with Crippen molar-refractivity contribution in [1.29, 1.82) is 0 Å². The molecule has 0 saturated carbocycles. The number of oxime groups is 1. The van der Waals surface area contributed by atoms with Gasteiger partial charge in [-0.2, -0.15) is 0 Å². The monoisotopic (exact) mass is 249 g/mol. The number of benzene rings is 2. The van der Waals surface area contributed by atoms with E-state index in [1.54, 1.807) is 6.21 Å². The van der Waals surface area contributed by atoms with Crippen LogP contribution in [-0.2, 0) is 12.8 Å². The zero-order valence-corrected chi connectivity index (χ0v) is 10.6. The van der Waals surface area contributed by atoms with Crippen LogP contribution in [0.4, 0.5) is 0 Å². The van der Waals surface area contributed by atoms with E-state index in [4.69, 9.17) is 5.21 Å². The number of rotatable bonds is 1. The summed E-state index contributed by atoms with van der Waals surface area (Å²) in [5, 5.41) is 12.0. The Labute approximate surface area is 112 Å². The number of aryl methyl sites for hydroxylation is 1. The molecule has 0 amide bonds. The molecule has 19 heavy (non-hydrogen) atoms. The molecule has 2 aromatic rings. The molecule has 94 valence electrons. The van der Waals surface area contributed by atoms with E-state index in [-0.39, 0.29) is 5.92 Å². The summed E-state index contributed by atoms with van der Waals surface area (Å²) in [5.41, 5.74) is 8.40. The fourth-order valence-electron chi connectivity index (χ4n) is 3.51. The summed E-state index contributed by atoms with van der Waals surface area (Å²) in [6.07, 6.45) is 4.84. The Morgan fingerprint density at radius 3 is 2.84 bits per heavy atom. The number of fused-ring (bicyclic) bond motifs is 4. The lowest BCUT2D eigenvalue weighted by Crippen LogP contribution is -1.96. The van der Waals surface area contributed by atoms with Crippen LogP contribution in [0.2, 0.25) is 0 Å². The van der Waals surface area contributed by atoms with Crippen LogP contribution in [0.3, 0.4) is 0 Å². The van der Waals surface area contributed by atoms with Crippen LogP contribution in [0, 0.1) is 0 Å². The molecule has 0 aliphatic heterocycles. The van der Waals surface area contributed by atoms with Crippen LogP contribution in [0.25, 0.3) is 11.1 Å². The first-order valence-corrected chi connectivity index (χ1v) is 6.78. The molecule has 0 bridgehead atoms. The normalized spacial score (nSPS) is 19.5. The predicted octanol–water partition coefficient (Wildman–Crippen LogP) is 3.75. The fraction of sp³-hybridized carbons (Fsp3) is 0.235. The SMILES string of the molecule is ON=CC1CCc2cc3c(cc21)Cc1ccccc1-3. The smallest absolute Gasteiger partial charge is 0.0510 e. The highest BCUT2D eigenvalue weighted by Crippen LogP contribution is 2.42. The summed E-state index contributed by atoms with van der Waals surface area (Å²) >= 11 is 0. The molecule has 0 aromatic heterocycles. The van der Waals surface area contributed by atoms with E-state index in [0.717, 1.165) is 19.3 Å². The molecule has 4 rings (SSSR count). The summed E-state index contributed by atoms with van der Waals surface area (Å²) in [7, 11) is 0. The number of hydrogen-bond acceptors (Lipinski definition) is 2. The second kappa shape index (κ2) is 3.95. The predicted molar refractivity (Wildman–Crippen MR) is 76.0 cm³/mol. The van der Waals surface area contributed by atoms with Crippen molar-refractivity contribution in [2.24, 2.45) is 5.16 Å². The fourth-order valence-corrected chi connectivity index (χ4v) is 3.51. The molecule has 1 atom stereocenters. The Morgan fingerprint density at radius 1 is 1.05 bits per heavy atom. The van der Waals surface area contributed by atoms with Crippen LogP contribution in [0.15, 0.2) is 41.6 Å². The lowest BCUT2D eigenvalue weighted by Gasteiger charge is -2.08. The molecule has 0 fully saturated rings. The van der Waals surface area contributed by atoms with Gasteiger partial charge in [0.15, 0.2) is 0 Å². The first kappa shape index (κ1) is 10.8. The van der Waals surface area contributed by atoms with Gasteiger partial charge in [0.25, 0.3) is 0 Å². The maximum atomic E-state index is 8.76. The van der Waals surface area contributed by atoms with Crippen molar-refractivity contribution >= 4 is 6.21 Å². The Balaban J connectivity index is 1.86. The van der Waals surface area contributed by atoms with Crippen molar-refractivity contribution in [3.8, 4) is 11.1 Å². The molecule has 0 spiro atoms. The first-order valence-electron chi connectivity index (χ1n) is 6.78. The molecule has 2 aliphatic carbocycles. The molecule has 2 aromatic carbocycles. The van der Waals surface area contributed by atoms with E-state index in [1.807, 2.05) is 0 Å². The first-order chi connectivity index (χ1) is 9.36. The van der Waals surface area contributed by atoms with Gasteiger partial charge in [-0.3, -0.25) is 0 Å². The average Bonchev–Trinajstić information content (AvgIpc) is 2.98. The minimum atomic E-state index is 0.286. The molecular weight excluding hydrogens is 234 g/mol. The summed E-state index contributed by atoms with van der Waals surface area (Å²) in [6, 6.07) is 13.3. The lowest BCUT2D eigenvalue weighted by atomic mass is 9.96. The van der Waals surface area contributed by atoms with E-state index >= 15 is 0 Å². The third-order valence-electron chi connectivity index (χ3n) is 4.42. The van der Waals surface area contributed by atoms with E-state index in [1.165, 1.54) is 33.4 Å². The summed E-state index contributed by atoms with van der Waals surface area (Å²) in [4.78, 5) is 0. The highest BCUT2D eigenvalue weighted by molar-refractivity contribution is 5.80. The van der Waals surface area contributed by atoms with Crippen LogP contribution >= 0.6 is 0 Å². The van der Waals surface area contributed by atoms with Crippen LogP contribution in [-0.4, -0.2) is 11.4 Å². The largest absolute Gasteiger partial charge is 0.411 e. The van der Waals surface area contributed by atoms with Crippen molar-refractivity contribution in [3.05, 3.63) is 58.7 Å². The zero-order valence-electron chi connectivity index (χ0n) is 10.6. The average molecular weight is 249 g/mol. The minimum Gasteiger partial charge on any atom is -0.411 e. The van der Waals surface area contributed by atoms with E-state index in [9.17, 15) is 0 Å². The number of nitrogens with zero attached hydrogens (tertiary/aromatic N) is 1. The molecule has 0 saturated heterocycles. The second-order valence-electron chi connectivity index (χ2n) is 5.45. The maximum Gasteiger partial charge on any atom is 0.0510 e. The Morgan fingerprint density at radius 2 is 1.95 bits per heavy atom. The Bertz CT molecular complexity index is 688. The molecule has 1 unspecified atom stereocenters. The van der Waals surface area contributed by atoms with Gasteiger partial charge in [-0.15, -0.1) is 5.16 Å². The Kier molecular flexibility index (Phi) is 2.25. The molecule has 0 radical (unpaired) electrons. The molecule has 0 heterocycles. The third kappa shape index (κ3) is 1.53. The highest BCUT2D eigenvalue weighted by Gasteiger charge is 2.26. The van der Waals surface area contributed by atoms with Crippen molar-refractivity contribution in [3.63, 3.8) is 0 Å². The van der Waals surface area contributed by atoms with E-state index < -0.39 is 0 Å². The van der Waals surface area contributed by atoms with Crippen molar-refractivity contribution in [2.75, 3.05) is 0 Å². The molecule has 2 aliphatic rings. The molecular formula is C17H15NO.